The molecule has 22 nitrogen and oxygen atoms in total. The van der Waals surface area contributed by atoms with Gasteiger partial charge in [-0.3, -0.25) is 0 Å². The highest BCUT2D eigenvalue weighted by Crippen LogP contribution is 2.53. The number of hydrogen-bond acceptors (Lipinski definition) is 22. The van der Waals surface area contributed by atoms with Crippen LogP contribution < -0.4 is 0 Å². The van der Waals surface area contributed by atoms with Crippen LogP contribution in [0.4, 0.5) is 0 Å². The molecule has 6 aliphatic heterocycles. The lowest BCUT2D eigenvalue weighted by Crippen LogP contribution is -2.93. The molecular formula is C32H84O22Si16. The van der Waals surface area contributed by atoms with Crippen LogP contribution in [0, 0.1) is 0 Å². The first kappa shape index (κ1) is 62.7. The van der Waals surface area contributed by atoms with Gasteiger partial charge >= 0.3 is 78.4 Å². The second-order valence-corrected chi connectivity index (χ2v) is 82.9. The quantitative estimate of drug-likeness (QED) is 0.0408. The van der Waals surface area contributed by atoms with E-state index in [0.717, 1.165) is 0 Å². The van der Waals surface area contributed by atoms with Gasteiger partial charge in [-0.2, -0.15) is 0 Å². The molecule has 0 aromatic heterocycles. The molecule has 0 saturated carbocycles. The zero-order valence-corrected chi connectivity index (χ0v) is 62.2. The van der Waals surface area contributed by atoms with E-state index in [-0.39, 0.29) is 6.61 Å². The van der Waals surface area contributed by atoms with Gasteiger partial charge in [-0.15, -0.1) is 0 Å². The molecule has 0 aliphatic carbocycles. The molecule has 0 unspecified atom stereocenters. The normalized spacial score (nSPS) is 35.5. The zero-order chi connectivity index (χ0) is 53.5. The van der Waals surface area contributed by atoms with Gasteiger partial charge < -0.3 is 87.0 Å². The van der Waals surface area contributed by atoms with E-state index in [4.69, 9.17) is 87.0 Å². The fourth-order valence-electron chi connectivity index (χ4n) is 7.21. The lowest BCUT2D eigenvalue weighted by atomic mass is 10.4. The predicted octanol–water partition coefficient (Wildman–Crippen LogP) is 8.21. The summed E-state index contributed by atoms with van der Waals surface area (Å²) in [6.07, 6.45) is 0.417. The third-order valence-electron chi connectivity index (χ3n) is 9.01. The third-order valence-corrected chi connectivity index (χ3v) is 63.7. The van der Waals surface area contributed by atoms with Crippen molar-refractivity contribution in [3.05, 3.63) is 12.2 Å². The highest BCUT2D eigenvalue weighted by atomic mass is 28.7. The molecule has 6 aliphatic rings. The fourth-order valence-corrected chi connectivity index (χ4v) is 74.6. The Balaban J connectivity index is 2.04. The molecule has 6 heterocycles. The van der Waals surface area contributed by atoms with E-state index in [2.05, 4.69) is 6.58 Å². The van der Waals surface area contributed by atoms with E-state index in [1.807, 2.05) is 151 Å². The minimum Gasteiger partial charge on any atom is -0.462 e. The highest BCUT2D eigenvalue weighted by molar-refractivity contribution is 7.04. The maximum Gasteiger partial charge on any atom is 0.651 e. The minimum absolute atomic E-state index is 0.0987. The second kappa shape index (κ2) is 20.5. The molecular weight excluding hydrogens is 1190 g/mol. The van der Waals surface area contributed by atoms with Gasteiger partial charge in [-0.05, 0) is 169 Å². The first-order valence-corrected chi connectivity index (χ1v) is 63.4. The molecule has 6 fully saturated rings. The van der Waals surface area contributed by atoms with Crippen molar-refractivity contribution in [3.63, 3.8) is 0 Å². The summed E-state index contributed by atoms with van der Waals surface area (Å²) >= 11 is 0. The highest BCUT2D eigenvalue weighted by Gasteiger charge is 2.92. The van der Waals surface area contributed by atoms with Crippen molar-refractivity contribution in [2.45, 2.75) is 183 Å². The lowest BCUT2D eigenvalue weighted by Gasteiger charge is -2.61. The Morgan fingerprint density at radius 1 is 0.371 bits per heavy atom. The fraction of sp³-hybridized carbons (Fsp3) is 0.906. The van der Waals surface area contributed by atoms with E-state index < -0.39 is 145 Å². The number of rotatable bonds is 23. The topological polar surface area (TPSA) is 211 Å². The van der Waals surface area contributed by atoms with Crippen LogP contribution in [0.2, 0.25) is 156 Å². The third kappa shape index (κ3) is 16.9. The van der Waals surface area contributed by atoms with Crippen LogP contribution in [0.3, 0.4) is 0 Å². The Kier molecular flexibility index (Phi) is 18.4. The molecule has 0 radical (unpaired) electrons. The van der Waals surface area contributed by atoms with Crippen LogP contribution in [0.5, 0.6) is 0 Å². The van der Waals surface area contributed by atoms with Crippen molar-refractivity contribution >= 4 is 145 Å². The summed E-state index contributed by atoms with van der Waals surface area (Å²) in [5, 5.41) is 0. The molecule has 0 aromatic rings. The average molecular weight is 1270 g/mol. The van der Waals surface area contributed by atoms with Gasteiger partial charge in [0.1, 0.15) is 0 Å². The summed E-state index contributed by atoms with van der Waals surface area (Å²) in [4.78, 5) is 12.6. The summed E-state index contributed by atoms with van der Waals surface area (Å²) < 4.78 is 154. The van der Waals surface area contributed by atoms with Crippen molar-refractivity contribution in [2.75, 3.05) is 6.61 Å². The van der Waals surface area contributed by atoms with E-state index in [9.17, 15) is 4.79 Å². The molecule has 38 heteroatoms. The van der Waals surface area contributed by atoms with Crippen molar-refractivity contribution < 1.29 is 91.8 Å². The summed E-state index contributed by atoms with van der Waals surface area (Å²) in [5.74, 6) is -0.492. The first-order chi connectivity index (χ1) is 31.1. The van der Waals surface area contributed by atoms with Crippen LogP contribution in [-0.2, 0) is 91.8 Å². The summed E-state index contributed by atoms with van der Waals surface area (Å²) in [6, 6.07) is 1.46. The molecule has 70 heavy (non-hydrogen) atoms. The molecule has 6 rings (SSSR count). The Hall–Kier alpha value is 1.88. The smallest absolute Gasteiger partial charge is 0.462 e. The van der Waals surface area contributed by atoms with Crippen molar-refractivity contribution in [1.29, 1.82) is 0 Å². The summed E-state index contributed by atoms with van der Waals surface area (Å²) in [6.45, 7) is 50.4. The summed E-state index contributed by atoms with van der Waals surface area (Å²) in [7, 11) is -64.9. The predicted molar refractivity (Wildman–Crippen MR) is 293 cm³/mol. The Bertz CT molecular complexity index is 1730. The van der Waals surface area contributed by atoms with Crippen LogP contribution in [0.25, 0.3) is 0 Å². The number of hydrogen-bond donors (Lipinski definition) is 0. The first-order valence-electron chi connectivity index (χ1n) is 23.9. The molecule has 8 bridgehead atoms. The largest absolute Gasteiger partial charge is 0.651 e. The van der Waals surface area contributed by atoms with Gasteiger partial charge in [-0.1, -0.05) is 20.4 Å². The minimum atomic E-state index is -5.26. The Labute approximate surface area is 435 Å². The molecule has 0 spiro atoms. The molecule has 0 amide bonds. The van der Waals surface area contributed by atoms with Gasteiger partial charge in [0.2, 0.25) is 0 Å². The maximum absolute atomic E-state index is 12.6. The maximum atomic E-state index is 12.6. The van der Waals surface area contributed by atoms with Gasteiger partial charge in [0.15, 0.2) is 66.5 Å². The average Bonchev–Trinajstić information content (AvgIpc) is 3.00. The molecule has 0 atom stereocenters. The van der Waals surface area contributed by atoms with Gasteiger partial charge in [0.25, 0.3) is 0 Å². The summed E-state index contributed by atoms with van der Waals surface area (Å²) in [5.41, 5.74) is 0.292. The monoisotopic (exact) mass is 1270 g/mol. The van der Waals surface area contributed by atoms with Crippen molar-refractivity contribution in [1.82, 2.24) is 0 Å². The van der Waals surface area contributed by atoms with E-state index in [1.165, 1.54) is 0 Å². The number of esters is 1. The lowest BCUT2D eigenvalue weighted by molar-refractivity contribution is -0.139. The Morgan fingerprint density at radius 2 is 0.557 bits per heavy atom. The standard InChI is InChI=1S/C32H84O22Si16/c1-26-62(27-2,30-28-29-34-32(33)31(3)4)42-70-52-67(39-59(17,18)19)46-64(36-56(8,9)10)43-63(35-55(5,6)7)44-65(48-67,37-57(11,12)13)50-69(54-70,41-61(23,24)25)51-66(45-63,38-58(14,15)16)49-68(47-64,53-70)40-60(20,21)22/h3,26-30H2,1-2,4-25H3. The van der Waals surface area contributed by atoms with Gasteiger partial charge in [-0.25, -0.2) is 4.79 Å². The van der Waals surface area contributed by atoms with Gasteiger partial charge in [0.05, 0.1) is 6.61 Å². The van der Waals surface area contributed by atoms with Crippen LogP contribution in [0.15, 0.2) is 12.2 Å². The van der Waals surface area contributed by atoms with E-state index >= 15 is 0 Å². The molecule has 408 valence electrons. The van der Waals surface area contributed by atoms with Crippen molar-refractivity contribution in [2.24, 2.45) is 0 Å². The second-order valence-electron chi connectivity index (χ2n) is 24.7. The van der Waals surface area contributed by atoms with Crippen LogP contribution >= 0.6 is 0 Å². The van der Waals surface area contributed by atoms with Crippen molar-refractivity contribution in [3.8, 4) is 0 Å². The van der Waals surface area contributed by atoms with E-state index in [0.29, 0.717) is 30.1 Å². The molecule has 6 saturated heterocycles. The SMILES string of the molecule is C=C(C)C(=O)OCCC[Si](CC)(CC)O[Si]12O[Si]3(O[Si](C)(C)C)O[Si]4(O[Si](C)(C)C)O[Si]5(O[Si](C)(C)C)O[Si](O[Si](C)(C)C)(O3)O[Si](O[Si](C)(C)C)(O[Si](O[Si](C)(C)C)(O5)O[Si](O[Si](C)(C)C)(O4)O1)O2. The number of carbonyl (C=O) groups is 1. The zero-order valence-electron chi connectivity index (χ0n) is 46.2. The van der Waals surface area contributed by atoms with Gasteiger partial charge in [0, 0.05) is 5.57 Å². The number of carbonyl (C=O) groups excluding carboxylic acids is 1. The Morgan fingerprint density at radius 3 is 0.714 bits per heavy atom. The van der Waals surface area contributed by atoms with Crippen LogP contribution in [0.1, 0.15) is 27.2 Å². The molecule has 0 N–H and O–H groups in total. The number of ether oxygens (including phenoxy) is 1. The van der Waals surface area contributed by atoms with E-state index in [1.54, 1.807) is 6.92 Å². The van der Waals surface area contributed by atoms with Crippen LogP contribution in [-0.4, -0.2) is 151 Å². The molecule has 0 aromatic carbocycles.